The summed E-state index contributed by atoms with van der Waals surface area (Å²) in [5.74, 6) is 1.74. The molecule has 104 valence electrons. The van der Waals surface area contributed by atoms with E-state index in [9.17, 15) is 0 Å². The number of aryl methyl sites for hydroxylation is 1. The van der Waals surface area contributed by atoms with Gasteiger partial charge in [0.2, 0.25) is 0 Å². The van der Waals surface area contributed by atoms with Gasteiger partial charge < -0.3 is 5.73 Å². The zero-order valence-electron chi connectivity index (χ0n) is 11.8. The molecule has 3 rings (SSSR count). The Hall–Kier alpha value is -2.44. The van der Waals surface area contributed by atoms with Crippen LogP contribution in [0.5, 0.6) is 0 Å². The van der Waals surface area contributed by atoms with Gasteiger partial charge in [0.05, 0.1) is 11.1 Å². The molecule has 0 spiro atoms. The molecule has 7 nitrogen and oxygen atoms in total. The van der Waals surface area contributed by atoms with Crippen molar-refractivity contribution >= 4 is 16.9 Å². The van der Waals surface area contributed by atoms with Gasteiger partial charge in [-0.2, -0.15) is 14.9 Å². The molecular formula is C13H17N7. The average Bonchev–Trinajstić information content (AvgIpc) is 2.91. The van der Waals surface area contributed by atoms with E-state index in [0.717, 1.165) is 23.2 Å². The van der Waals surface area contributed by atoms with Gasteiger partial charge in [0, 0.05) is 11.8 Å². The number of anilines is 1. The first-order valence-electron chi connectivity index (χ1n) is 6.56. The Labute approximate surface area is 116 Å². The minimum absolute atomic E-state index is 0.489. The lowest BCUT2D eigenvalue weighted by molar-refractivity contribution is 0.629. The second kappa shape index (κ2) is 4.59. The molecule has 0 atom stereocenters. The Morgan fingerprint density at radius 3 is 2.85 bits per heavy atom. The van der Waals surface area contributed by atoms with E-state index in [1.807, 2.05) is 13.0 Å². The van der Waals surface area contributed by atoms with E-state index in [0.29, 0.717) is 23.2 Å². The topological polar surface area (TPSA) is 98.3 Å². The number of hydrogen-bond donors (Lipinski definition) is 2. The average molecular weight is 271 g/mol. The lowest BCUT2D eigenvalue weighted by Gasteiger charge is -2.02. The summed E-state index contributed by atoms with van der Waals surface area (Å²) in [4.78, 5) is 8.36. The molecule has 0 saturated carbocycles. The second-order valence-corrected chi connectivity index (χ2v) is 5.31. The SMILES string of the molecule is Cc1cc(-n2nc(CC(C)C)c3c(N)[nH]nc32)ncn1. The largest absolute Gasteiger partial charge is 0.383 e. The first kappa shape index (κ1) is 12.6. The van der Waals surface area contributed by atoms with Gasteiger partial charge in [0.25, 0.3) is 0 Å². The maximum atomic E-state index is 5.97. The molecule has 3 aromatic heterocycles. The molecule has 3 N–H and O–H groups in total. The highest BCUT2D eigenvalue weighted by Gasteiger charge is 2.18. The second-order valence-electron chi connectivity index (χ2n) is 5.31. The summed E-state index contributed by atoms with van der Waals surface area (Å²) in [6, 6.07) is 1.87. The monoisotopic (exact) mass is 271 g/mol. The predicted molar refractivity (Wildman–Crippen MR) is 76.5 cm³/mol. The number of hydrogen-bond acceptors (Lipinski definition) is 5. The predicted octanol–water partition coefficient (Wildman–Crippen LogP) is 1.63. The highest BCUT2D eigenvalue weighted by atomic mass is 15.4. The summed E-state index contributed by atoms with van der Waals surface area (Å²) < 4.78 is 1.72. The fourth-order valence-electron chi connectivity index (χ4n) is 2.25. The van der Waals surface area contributed by atoms with E-state index in [4.69, 9.17) is 5.73 Å². The van der Waals surface area contributed by atoms with Gasteiger partial charge >= 0.3 is 0 Å². The lowest BCUT2D eigenvalue weighted by atomic mass is 10.1. The number of H-pyrrole nitrogens is 1. The van der Waals surface area contributed by atoms with Crippen molar-refractivity contribution in [3.8, 4) is 5.82 Å². The van der Waals surface area contributed by atoms with Crippen LogP contribution in [0, 0.1) is 12.8 Å². The van der Waals surface area contributed by atoms with Crippen LogP contribution in [0.2, 0.25) is 0 Å². The van der Waals surface area contributed by atoms with E-state index >= 15 is 0 Å². The van der Waals surface area contributed by atoms with Crippen molar-refractivity contribution in [3.05, 3.63) is 23.8 Å². The Morgan fingerprint density at radius 1 is 1.35 bits per heavy atom. The minimum Gasteiger partial charge on any atom is -0.383 e. The van der Waals surface area contributed by atoms with Gasteiger partial charge in [0.15, 0.2) is 11.5 Å². The fourth-order valence-corrected chi connectivity index (χ4v) is 2.25. The molecule has 0 aliphatic rings. The third kappa shape index (κ3) is 2.01. The number of aromatic amines is 1. The molecule has 0 saturated heterocycles. The van der Waals surface area contributed by atoms with Crippen LogP contribution in [0.15, 0.2) is 12.4 Å². The van der Waals surface area contributed by atoms with Crippen molar-refractivity contribution in [2.24, 2.45) is 5.92 Å². The maximum Gasteiger partial charge on any atom is 0.188 e. The number of rotatable bonds is 3. The van der Waals surface area contributed by atoms with E-state index in [2.05, 4.69) is 39.1 Å². The molecule has 0 unspecified atom stereocenters. The smallest absolute Gasteiger partial charge is 0.188 e. The molecule has 0 bridgehead atoms. The highest BCUT2D eigenvalue weighted by Crippen LogP contribution is 2.26. The Kier molecular flexibility index (Phi) is 2.89. The van der Waals surface area contributed by atoms with Gasteiger partial charge in [-0.15, -0.1) is 0 Å². The van der Waals surface area contributed by atoms with E-state index < -0.39 is 0 Å². The molecule has 20 heavy (non-hydrogen) atoms. The number of nitrogens with zero attached hydrogens (tertiary/aromatic N) is 5. The van der Waals surface area contributed by atoms with Crippen molar-refractivity contribution in [1.29, 1.82) is 0 Å². The molecule has 3 heterocycles. The van der Waals surface area contributed by atoms with Crippen molar-refractivity contribution in [2.45, 2.75) is 27.2 Å². The van der Waals surface area contributed by atoms with Gasteiger partial charge in [0.1, 0.15) is 12.1 Å². The van der Waals surface area contributed by atoms with Crippen LogP contribution in [0.1, 0.15) is 25.2 Å². The van der Waals surface area contributed by atoms with Gasteiger partial charge in [-0.25, -0.2) is 9.97 Å². The number of nitrogen functional groups attached to an aromatic ring is 1. The van der Waals surface area contributed by atoms with Crippen LogP contribution in [-0.2, 0) is 6.42 Å². The first-order chi connectivity index (χ1) is 9.56. The fraction of sp³-hybridized carbons (Fsp3) is 0.385. The zero-order valence-corrected chi connectivity index (χ0v) is 11.8. The van der Waals surface area contributed by atoms with Crippen LogP contribution in [0.4, 0.5) is 5.82 Å². The van der Waals surface area contributed by atoms with Crippen molar-refractivity contribution in [1.82, 2.24) is 29.9 Å². The van der Waals surface area contributed by atoms with E-state index in [1.165, 1.54) is 6.33 Å². The molecule has 0 fully saturated rings. The van der Waals surface area contributed by atoms with Crippen LogP contribution in [-0.4, -0.2) is 29.9 Å². The number of fused-ring (bicyclic) bond motifs is 1. The van der Waals surface area contributed by atoms with Crippen LogP contribution >= 0.6 is 0 Å². The molecule has 0 aliphatic carbocycles. The highest BCUT2D eigenvalue weighted by molar-refractivity contribution is 5.89. The molecule has 0 radical (unpaired) electrons. The number of nitrogens with one attached hydrogen (secondary N) is 1. The Morgan fingerprint density at radius 2 is 2.15 bits per heavy atom. The maximum absolute atomic E-state index is 5.97. The summed E-state index contributed by atoms with van der Waals surface area (Å²) in [6.45, 7) is 6.21. The standard InChI is InChI=1S/C13H17N7/c1-7(2)4-9-11-12(14)17-18-13(11)20(19-9)10-5-8(3)15-6-16-10/h5-7H,4H2,1-3H3,(H3,14,17,18). The third-order valence-corrected chi connectivity index (χ3v) is 3.09. The number of aromatic nitrogens is 6. The van der Waals surface area contributed by atoms with Gasteiger partial charge in [-0.1, -0.05) is 13.8 Å². The molecule has 0 aliphatic heterocycles. The van der Waals surface area contributed by atoms with E-state index in [-0.39, 0.29) is 0 Å². The third-order valence-electron chi connectivity index (χ3n) is 3.09. The summed E-state index contributed by atoms with van der Waals surface area (Å²) in [7, 11) is 0. The van der Waals surface area contributed by atoms with Crippen molar-refractivity contribution in [2.75, 3.05) is 5.73 Å². The number of nitrogens with two attached hydrogens (primary N) is 1. The van der Waals surface area contributed by atoms with Crippen LogP contribution < -0.4 is 5.73 Å². The Balaban J connectivity index is 2.21. The summed E-state index contributed by atoms with van der Waals surface area (Å²) in [5.41, 5.74) is 8.50. The van der Waals surface area contributed by atoms with Gasteiger partial charge in [-0.3, -0.25) is 5.10 Å². The summed E-state index contributed by atoms with van der Waals surface area (Å²) in [5, 5.41) is 12.6. The first-order valence-corrected chi connectivity index (χ1v) is 6.56. The summed E-state index contributed by atoms with van der Waals surface area (Å²) in [6.07, 6.45) is 2.37. The summed E-state index contributed by atoms with van der Waals surface area (Å²) >= 11 is 0. The Bertz CT molecular complexity index is 753. The van der Waals surface area contributed by atoms with Crippen LogP contribution in [0.3, 0.4) is 0 Å². The van der Waals surface area contributed by atoms with Crippen LogP contribution in [0.25, 0.3) is 16.9 Å². The molecule has 0 aromatic carbocycles. The van der Waals surface area contributed by atoms with Crippen molar-refractivity contribution in [3.63, 3.8) is 0 Å². The lowest BCUT2D eigenvalue weighted by Crippen LogP contribution is -2.03. The normalized spacial score (nSPS) is 11.6. The molecule has 0 amide bonds. The quantitative estimate of drug-likeness (QED) is 0.754. The minimum atomic E-state index is 0.489. The van der Waals surface area contributed by atoms with Crippen molar-refractivity contribution < 1.29 is 0 Å². The van der Waals surface area contributed by atoms with Gasteiger partial charge in [-0.05, 0) is 19.3 Å². The molecular weight excluding hydrogens is 254 g/mol. The molecule has 7 heteroatoms. The molecule has 3 aromatic rings. The van der Waals surface area contributed by atoms with E-state index in [1.54, 1.807) is 4.68 Å². The zero-order chi connectivity index (χ0) is 14.3.